The van der Waals surface area contributed by atoms with Crippen molar-refractivity contribution < 1.29 is 14.6 Å². The average molecular weight is 251 g/mol. The Balaban J connectivity index is 2.37. The molecule has 1 aromatic rings. The summed E-state index contributed by atoms with van der Waals surface area (Å²) in [4.78, 5) is 10.7. The summed E-state index contributed by atoms with van der Waals surface area (Å²) in [5.41, 5.74) is 1.23. The van der Waals surface area contributed by atoms with Gasteiger partial charge in [0.25, 0.3) is 0 Å². The van der Waals surface area contributed by atoms with E-state index >= 15 is 0 Å². The van der Waals surface area contributed by atoms with E-state index in [4.69, 9.17) is 9.84 Å². The summed E-state index contributed by atoms with van der Waals surface area (Å²) in [6, 6.07) is 7.62. The SMILES string of the molecule is COc1ccc(CCC(C)NC(C)C(=O)O)cc1. The van der Waals surface area contributed by atoms with Crippen molar-refractivity contribution in [1.29, 1.82) is 0 Å². The summed E-state index contributed by atoms with van der Waals surface area (Å²) in [6.45, 7) is 3.66. The second-order valence-electron chi connectivity index (χ2n) is 4.51. The first-order valence-corrected chi connectivity index (χ1v) is 6.14. The second-order valence-corrected chi connectivity index (χ2v) is 4.51. The number of rotatable bonds is 7. The largest absolute Gasteiger partial charge is 0.497 e. The second kappa shape index (κ2) is 7.01. The first kappa shape index (κ1) is 14.5. The van der Waals surface area contributed by atoms with Crippen molar-refractivity contribution in [2.45, 2.75) is 38.8 Å². The lowest BCUT2D eigenvalue weighted by molar-refractivity contribution is -0.139. The molecular formula is C14H21NO3. The monoisotopic (exact) mass is 251 g/mol. The van der Waals surface area contributed by atoms with Gasteiger partial charge in [-0.05, 0) is 44.4 Å². The zero-order chi connectivity index (χ0) is 13.5. The standard InChI is InChI=1S/C14H21NO3/c1-10(15-11(2)14(16)17)4-5-12-6-8-13(18-3)9-7-12/h6-11,15H,4-5H2,1-3H3,(H,16,17). The van der Waals surface area contributed by atoms with E-state index in [0.29, 0.717) is 0 Å². The van der Waals surface area contributed by atoms with Crippen molar-refractivity contribution in [3.05, 3.63) is 29.8 Å². The zero-order valence-electron chi connectivity index (χ0n) is 11.1. The number of benzene rings is 1. The van der Waals surface area contributed by atoms with Gasteiger partial charge in [0.2, 0.25) is 0 Å². The van der Waals surface area contributed by atoms with Gasteiger partial charge in [0.1, 0.15) is 11.8 Å². The predicted octanol–water partition coefficient (Wildman–Crippen LogP) is 2.08. The van der Waals surface area contributed by atoms with Gasteiger partial charge in [-0.1, -0.05) is 12.1 Å². The number of carbonyl (C=O) groups is 1. The highest BCUT2D eigenvalue weighted by molar-refractivity contribution is 5.72. The van der Waals surface area contributed by atoms with Crippen molar-refractivity contribution in [3.63, 3.8) is 0 Å². The average Bonchev–Trinajstić information content (AvgIpc) is 2.36. The van der Waals surface area contributed by atoms with Gasteiger partial charge in [0.15, 0.2) is 0 Å². The van der Waals surface area contributed by atoms with Gasteiger partial charge in [0, 0.05) is 6.04 Å². The molecule has 0 bridgehead atoms. The lowest BCUT2D eigenvalue weighted by atomic mass is 10.1. The molecule has 2 atom stereocenters. The maximum atomic E-state index is 10.7. The van der Waals surface area contributed by atoms with E-state index in [2.05, 4.69) is 5.32 Å². The highest BCUT2D eigenvalue weighted by atomic mass is 16.5. The van der Waals surface area contributed by atoms with Crippen LogP contribution >= 0.6 is 0 Å². The molecule has 100 valence electrons. The van der Waals surface area contributed by atoms with Crippen LogP contribution in [-0.2, 0) is 11.2 Å². The van der Waals surface area contributed by atoms with E-state index < -0.39 is 12.0 Å². The maximum Gasteiger partial charge on any atom is 0.320 e. The minimum absolute atomic E-state index is 0.179. The molecule has 1 rings (SSSR count). The smallest absolute Gasteiger partial charge is 0.320 e. The van der Waals surface area contributed by atoms with E-state index in [9.17, 15) is 4.79 Å². The Morgan fingerprint density at radius 1 is 1.33 bits per heavy atom. The van der Waals surface area contributed by atoms with Crippen molar-refractivity contribution in [2.75, 3.05) is 7.11 Å². The molecule has 0 radical (unpaired) electrons. The quantitative estimate of drug-likeness (QED) is 0.779. The summed E-state index contributed by atoms with van der Waals surface area (Å²) in [6.07, 6.45) is 1.83. The Hall–Kier alpha value is -1.55. The highest BCUT2D eigenvalue weighted by Gasteiger charge is 2.13. The van der Waals surface area contributed by atoms with Crippen LogP contribution in [0.1, 0.15) is 25.8 Å². The molecule has 0 aromatic heterocycles. The molecule has 0 saturated carbocycles. The molecule has 0 aliphatic carbocycles. The minimum atomic E-state index is -0.814. The van der Waals surface area contributed by atoms with Crippen LogP contribution in [0, 0.1) is 0 Å². The van der Waals surface area contributed by atoms with Gasteiger partial charge >= 0.3 is 5.97 Å². The first-order chi connectivity index (χ1) is 8.52. The molecular weight excluding hydrogens is 230 g/mol. The van der Waals surface area contributed by atoms with Gasteiger partial charge in [-0.3, -0.25) is 4.79 Å². The maximum absolute atomic E-state index is 10.7. The van der Waals surface area contributed by atoms with Crippen LogP contribution in [0.2, 0.25) is 0 Å². The number of nitrogens with one attached hydrogen (secondary N) is 1. The molecule has 0 spiro atoms. The fraction of sp³-hybridized carbons (Fsp3) is 0.500. The number of aliphatic carboxylic acids is 1. The number of hydrogen-bond donors (Lipinski definition) is 2. The molecule has 2 unspecified atom stereocenters. The Morgan fingerprint density at radius 2 is 1.94 bits per heavy atom. The van der Waals surface area contributed by atoms with Gasteiger partial charge in [-0.2, -0.15) is 0 Å². The Kier molecular flexibility index (Phi) is 5.65. The van der Waals surface area contributed by atoms with Crippen molar-refractivity contribution in [3.8, 4) is 5.75 Å². The molecule has 0 heterocycles. The molecule has 1 aromatic carbocycles. The van der Waals surface area contributed by atoms with Crippen molar-refractivity contribution in [2.24, 2.45) is 0 Å². The normalized spacial score (nSPS) is 13.9. The van der Waals surface area contributed by atoms with Crippen LogP contribution in [-0.4, -0.2) is 30.3 Å². The third kappa shape index (κ3) is 4.75. The van der Waals surface area contributed by atoms with E-state index in [0.717, 1.165) is 18.6 Å². The third-order valence-corrected chi connectivity index (χ3v) is 2.93. The van der Waals surface area contributed by atoms with Crippen LogP contribution < -0.4 is 10.1 Å². The Labute approximate surface area is 108 Å². The van der Waals surface area contributed by atoms with Gasteiger partial charge in [-0.15, -0.1) is 0 Å². The van der Waals surface area contributed by atoms with Crippen LogP contribution in [0.4, 0.5) is 0 Å². The first-order valence-electron chi connectivity index (χ1n) is 6.14. The van der Waals surface area contributed by atoms with Crippen molar-refractivity contribution in [1.82, 2.24) is 5.32 Å². The number of methoxy groups -OCH3 is 1. The van der Waals surface area contributed by atoms with E-state index in [-0.39, 0.29) is 6.04 Å². The topological polar surface area (TPSA) is 58.6 Å². The summed E-state index contributed by atoms with van der Waals surface area (Å²) in [5.74, 6) is 0.0377. The molecule has 4 nitrogen and oxygen atoms in total. The number of carboxylic acids is 1. The lowest BCUT2D eigenvalue weighted by Gasteiger charge is -2.16. The van der Waals surface area contributed by atoms with E-state index in [1.54, 1.807) is 14.0 Å². The molecule has 0 aliphatic rings. The number of ether oxygens (including phenoxy) is 1. The number of hydrogen-bond acceptors (Lipinski definition) is 3. The molecule has 0 fully saturated rings. The van der Waals surface area contributed by atoms with Gasteiger partial charge < -0.3 is 15.2 Å². The minimum Gasteiger partial charge on any atom is -0.497 e. The number of aryl methyl sites for hydroxylation is 1. The van der Waals surface area contributed by atoms with E-state index in [1.807, 2.05) is 31.2 Å². The molecule has 18 heavy (non-hydrogen) atoms. The zero-order valence-corrected chi connectivity index (χ0v) is 11.1. The highest BCUT2D eigenvalue weighted by Crippen LogP contribution is 2.13. The van der Waals surface area contributed by atoms with Crippen molar-refractivity contribution >= 4 is 5.97 Å². The van der Waals surface area contributed by atoms with Gasteiger partial charge in [0.05, 0.1) is 7.11 Å². The molecule has 0 aliphatic heterocycles. The number of carboxylic acid groups (broad SMARTS) is 1. The Bertz CT molecular complexity index is 375. The molecule has 2 N–H and O–H groups in total. The summed E-state index contributed by atoms with van der Waals surface area (Å²) >= 11 is 0. The van der Waals surface area contributed by atoms with E-state index in [1.165, 1.54) is 5.56 Å². The fourth-order valence-corrected chi connectivity index (χ4v) is 1.76. The summed E-state index contributed by atoms with van der Waals surface area (Å²) in [5, 5.41) is 11.8. The van der Waals surface area contributed by atoms with Crippen LogP contribution in [0.25, 0.3) is 0 Å². The lowest BCUT2D eigenvalue weighted by Crippen LogP contribution is -2.40. The van der Waals surface area contributed by atoms with Crippen LogP contribution in [0.5, 0.6) is 5.75 Å². The Morgan fingerprint density at radius 3 is 2.44 bits per heavy atom. The molecule has 0 saturated heterocycles. The summed E-state index contributed by atoms with van der Waals surface area (Å²) < 4.78 is 5.10. The van der Waals surface area contributed by atoms with Gasteiger partial charge in [-0.25, -0.2) is 0 Å². The molecule has 4 heteroatoms. The summed E-state index contributed by atoms with van der Waals surface area (Å²) in [7, 11) is 1.65. The fourth-order valence-electron chi connectivity index (χ4n) is 1.76. The molecule has 0 amide bonds. The van der Waals surface area contributed by atoms with Crippen LogP contribution in [0.3, 0.4) is 0 Å². The predicted molar refractivity (Wildman–Crippen MR) is 71.0 cm³/mol. The third-order valence-electron chi connectivity index (χ3n) is 2.93. The van der Waals surface area contributed by atoms with Crippen LogP contribution in [0.15, 0.2) is 24.3 Å².